The van der Waals surface area contributed by atoms with Crippen LogP contribution in [0.3, 0.4) is 0 Å². The standard InChI is InChI=1S/C41H62O2S3.6CH3.2Sn/c1-3-5-7-9-11-13-15-17-19-21-27-42-33-41(34-43-28-22-20-18-16-14-12-10-8-6-4-2)31-35-36(32-41)40(38-26-24-30-45-38)46-39(35)37-25-23-29-44-37;;;;;;;;/h23-26H,3-22,27-28,31-34H2,1-2H3;6*1H3;;. The number of rotatable bonds is 30. The third-order valence-corrected chi connectivity index (χ3v) is 34.2. The van der Waals surface area contributed by atoms with E-state index in [9.17, 15) is 0 Å². The van der Waals surface area contributed by atoms with E-state index in [1.54, 1.807) is 26.7 Å². The van der Waals surface area contributed by atoms with E-state index >= 15 is 0 Å². The van der Waals surface area contributed by atoms with E-state index in [0.717, 1.165) is 39.3 Å². The average Bonchev–Trinajstić information content (AvgIpc) is 3.93. The van der Waals surface area contributed by atoms with Crippen LogP contribution >= 0.6 is 34.0 Å². The van der Waals surface area contributed by atoms with Gasteiger partial charge in [0.1, 0.15) is 0 Å². The summed E-state index contributed by atoms with van der Waals surface area (Å²) >= 11 is 1.99. The summed E-state index contributed by atoms with van der Waals surface area (Å²) in [5, 5.41) is 0. The molecule has 54 heavy (non-hydrogen) atoms. The normalized spacial score (nSPS) is 14.4. The van der Waals surface area contributed by atoms with E-state index in [2.05, 4.69) is 102 Å². The monoisotopic (exact) mass is 1010 g/mol. The van der Waals surface area contributed by atoms with Crippen LogP contribution in [0.15, 0.2) is 24.3 Å². The number of hydrogen-bond donors (Lipinski definition) is 0. The van der Waals surface area contributed by atoms with E-state index in [-0.39, 0.29) is 5.41 Å². The van der Waals surface area contributed by atoms with E-state index in [4.69, 9.17) is 9.47 Å². The van der Waals surface area contributed by atoms with Crippen molar-refractivity contribution >= 4 is 76.6 Å². The minimum absolute atomic E-state index is 0.0335. The van der Waals surface area contributed by atoms with Crippen molar-refractivity contribution in [2.45, 2.75) is 185 Å². The predicted molar refractivity (Wildman–Crippen MR) is 252 cm³/mol. The van der Waals surface area contributed by atoms with Gasteiger partial charge in [-0.15, -0.1) is 0 Å². The average molecular weight is 1010 g/mol. The number of thiophene rings is 3. The fourth-order valence-electron chi connectivity index (χ4n) is 8.02. The Hall–Kier alpha value is 0.617. The summed E-state index contributed by atoms with van der Waals surface area (Å²) < 4.78 is 16.7. The van der Waals surface area contributed by atoms with Crippen LogP contribution < -0.4 is 5.79 Å². The molecule has 3 aromatic heterocycles. The van der Waals surface area contributed by atoms with Crippen molar-refractivity contribution in [2.24, 2.45) is 5.41 Å². The zero-order chi connectivity index (χ0) is 38.9. The molecular formula is C47H80O2S3Sn2. The molecule has 0 atom stereocenters. The van der Waals surface area contributed by atoms with Gasteiger partial charge in [-0.05, 0) is 0 Å². The van der Waals surface area contributed by atoms with Gasteiger partial charge in [-0.2, -0.15) is 0 Å². The Morgan fingerprint density at radius 3 is 1.11 bits per heavy atom. The molecule has 0 aromatic carbocycles. The fourth-order valence-corrected chi connectivity index (χ4v) is 22.2. The van der Waals surface area contributed by atoms with E-state index in [0.29, 0.717) is 0 Å². The van der Waals surface area contributed by atoms with Crippen LogP contribution in [-0.4, -0.2) is 63.2 Å². The third kappa shape index (κ3) is 15.7. The second kappa shape index (κ2) is 24.6. The van der Waals surface area contributed by atoms with Crippen LogP contribution in [0.1, 0.15) is 153 Å². The van der Waals surface area contributed by atoms with Gasteiger partial charge in [-0.1, -0.05) is 117 Å². The number of unbranched alkanes of at least 4 members (excludes halogenated alkanes) is 18. The van der Waals surface area contributed by atoms with Crippen LogP contribution in [0.5, 0.6) is 0 Å². The van der Waals surface area contributed by atoms with E-state index in [1.807, 2.05) is 0 Å². The van der Waals surface area contributed by atoms with Crippen molar-refractivity contribution in [3.8, 4) is 19.5 Å². The summed E-state index contributed by atoms with van der Waals surface area (Å²) in [7, 11) is 0. The molecule has 3 aromatic rings. The first-order valence-corrected chi connectivity index (χ1v) is 44.9. The Kier molecular flexibility index (Phi) is 21.6. The zero-order valence-electron chi connectivity index (χ0n) is 36.2. The quantitative estimate of drug-likeness (QED) is 0.0489. The summed E-state index contributed by atoms with van der Waals surface area (Å²) in [5.74, 6) is 0. The number of ether oxygens (including phenoxy) is 2. The number of fused-ring (bicyclic) bond motifs is 1. The van der Waals surface area contributed by atoms with Crippen LogP contribution in [0.25, 0.3) is 19.5 Å². The van der Waals surface area contributed by atoms with Crippen molar-refractivity contribution in [1.29, 1.82) is 0 Å². The second-order valence-electron chi connectivity index (χ2n) is 18.9. The summed E-state index contributed by atoms with van der Waals surface area (Å²) in [6.45, 7) is 8.04. The van der Waals surface area contributed by atoms with Crippen molar-refractivity contribution in [1.82, 2.24) is 0 Å². The molecule has 0 radical (unpaired) electrons. The molecular weight excluding hydrogens is 930 g/mol. The molecule has 306 valence electrons. The first-order valence-electron chi connectivity index (χ1n) is 22.5. The summed E-state index contributed by atoms with van der Waals surface area (Å²) in [6.07, 6.45) is 29.5. The second-order valence-corrected chi connectivity index (χ2v) is 52.9. The molecule has 3 heterocycles. The van der Waals surface area contributed by atoms with E-state index < -0.39 is 36.8 Å². The first kappa shape index (κ1) is 47.3. The van der Waals surface area contributed by atoms with Gasteiger partial charge < -0.3 is 0 Å². The SMILES string of the molecule is CCCCCCCCCCCCOCC1(COCCCCCCCCCCCC)Cc2c(-c3cc[c]([Sn]([CH3])([CH3])[CH3])s3)sc(-c3cc[c]([Sn]([CH3])([CH3])[CH3])s3)c2C1. The van der Waals surface area contributed by atoms with Crippen molar-refractivity contribution in [2.75, 3.05) is 26.4 Å². The van der Waals surface area contributed by atoms with Crippen molar-refractivity contribution in [3.05, 3.63) is 35.4 Å². The molecule has 0 aliphatic heterocycles. The third-order valence-electron chi connectivity index (χ3n) is 11.5. The Morgan fingerprint density at radius 1 is 0.463 bits per heavy atom. The fraction of sp³-hybridized carbons (Fsp3) is 0.745. The molecule has 7 heteroatoms. The van der Waals surface area contributed by atoms with Crippen molar-refractivity contribution in [3.63, 3.8) is 0 Å². The predicted octanol–water partition coefficient (Wildman–Crippen LogP) is 15.3. The topological polar surface area (TPSA) is 18.5 Å². The van der Waals surface area contributed by atoms with Gasteiger partial charge in [-0.3, -0.25) is 0 Å². The van der Waals surface area contributed by atoms with Gasteiger partial charge in [0.05, 0.1) is 0 Å². The molecule has 1 aliphatic rings. The molecule has 0 unspecified atom stereocenters. The molecule has 0 fully saturated rings. The molecule has 0 saturated carbocycles. The van der Waals surface area contributed by atoms with Crippen LogP contribution in [0, 0.1) is 5.41 Å². The summed E-state index contributed by atoms with van der Waals surface area (Å²) in [4.78, 5) is 21.5. The Morgan fingerprint density at radius 2 is 0.796 bits per heavy atom. The summed E-state index contributed by atoms with van der Waals surface area (Å²) in [5.41, 5.74) is 3.27. The Balaban J connectivity index is 1.42. The molecule has 0 amide bonds. The number of hydrogen-bond acceptors (Lipinski definition) is 5. The molecule has 1 aliphatic carbocycles. The molecule has 0 spiro atoms. The Labute approximate surface area is 354 Å². The van der Waals surface area contributed by atoms with Gasteiger partial charge in [0.15, 0.2) is 0 Å². The molecule has 4 rings (SSSR count). The van der Waals surface area contributed by atoms with Crippen LogP contribution in [0.4, 0.5) is 0 Å². The maximum atomic E-state index is 6.69. The van der Waals surface area contributed by atoms with Crippen LogP contribution in [0.2, 0.25) is 29.6 Å². The Bertz CT molecular complexity index is 1350. The van der Waals surface area contributed by atoms with Crippen LogP contribution in [-0.2, 0) is 22.3 Å². The van der Waals surface area contributed by atoms with Crippen molar-refractivity contribution < 1.29 is 9.47 Å². The summed E-state index contributed by atoms with van der Waals surface area (Å²) in [6, 6.07) is 9.89. The van der Waals surface area contributed by atoms with Gasteiger partial charge in [0.25, 0.3) is 0 Å². The molecule has 0 N–H and O–H groups in total. The van der Waals surface area contributed by atoms with Gasteiger partial charge in [0, 0.05) is 0 Å². The van der Waals surface area contributed by atoms with E-state index in [1.165, 1.54) is 138 Å². The first-order chi connectivity index (χ1) is 26.0. The minimum atomic E-state index is -2.16. The van der Waals surface area contributed by atoms with Gasteiger partial charge in [-0.25, -0.2) is 0 Å². The zero-order valence-corrected chi connectivity index (χ0v) is 44.4. The molecule has 2 nitrogen and oxygen atoms in total. The van der Waals surface area contributed by atoms with Gasteiger partial charge in [0.2, 0.25) is 0 Å². The van der Waals surface area contributed by atoms with Gasteiger partial charge >= 0.3 is 241 Å². The molecule has 0 saturated heterocycles. The molecule has 0 bridgehead atoms. The maximum absolute atomic E-state index is 6.69.